The van der Waals surface area contributed by atoms with Gasteiger partial charge in [-0.15, -0.1) is 0 Å². The number of allylic oxidation sites excluding steroid dienone is 6. The normalized spacial score (nSPS) is 13.0. The minimum atomic E-state index is 0.950. The van der Waals surface area contributed by atoms with E-state index in [1.54, 1.807) is 5.57 Å². The summed E-state index contributed by atoms with van der Waals surface area (Å²) in [5.41, 5.74) is 16.3. The van der Waals surface area contributed by atoms with E-state index in [4.69, 9.17) is 0 Å². The van der Waals surface area contributed by atoms with Crippen molar-refractivity contribution < 1.29 is 0 Å². The molecule has 3 nitrogen and oxygen atoms in total. The highest BCUT2D eigenvalue weighted by Gasteiger charge is 2.22. The standard InChI is InChI=1S/C58H47N3/c1-5-18-45(8-4)59-51-27-16-15-20-41(51)31-35-49-52(59)36-38-54-58(49)57-48-34-30-40(7-3)50(19-6-2)60(46-25-13-10-14-26-46)53(48)37-39-55(57)61(54)47-32-28-44(29-33-47)56(43-23-17-24-43)42-21-11-9-12-22-42/h5-16,18-22,25-39H,1,3-4,17,23-24H2,2H3/b19-6-,45-18+. The van der Waals surface area contributed by atoms with Crippen molar-refractivity contribution in [1.82, 2.24) is 13.7 Å². The van der Waals surface area contributed by atoms with Crippen molar-refractivity contribution in [2.75, 3.05) is 0 Å². The van der Waals surface area contributed by atoms with Crippen LogP contribution in [0.2, 0.25) is 0 Å². The third-order valence-corrected chi connectivity index (χ3v) is 12.3. The minimum absolute atomic E-state index is 0.950. The fourth-order valence-corrected chi connectivity index (χ4v) is 9.43. The average molecular weight is 786 g/mol. The van der Waals surface area contributed by atoms with E-state index in [-0.39, 0.29) is 0 Å². The zero-order valence-corrected chi connectivity index (χ0v) is 34.6. The molecule has 0 atom stereocenters. The smallest absolute Gasteiger partial charge is 0.0548 e. The zero-order valence-electron chi connectivity index (χ0n) is 34.6. The van der Waals surface area contributed by atoms with Gasteiger partial charge in [-0.25, -0.2) is 0 Å². The molecule has 6 aromatic carbocycles. The first-order valence-electron chi connectivity index (χ1n) is 21.2. The summed E-state index contributed by atoms with van der Waals surface area (Å²) in [6, 6.07) is 57.7. The van der Waals surface area contributed by atoms with E-state index in [9.17, 15) is 0 Å². The van der Waals surface area contributed by atoms with Crippen LogP contribution in [-0.4, -0.2) is 13.7 Å². The molecule has 0 bridgehead atoms. The lowest BCUT2D eigenvalue weighted by Crippen LogP contribution is -2.03. The lowest BCUT2D eigenvalue weighted by atomic mass is 9.82. The Kier molecular flexibility index (Phi) is 9.78. The molecule has 10 rings (SSSR count). The number of rotatable bonds is 9. The van der Waals surface area contributed by atoms with Crippen LogP contribution in [0.4, 0.5) is 0 Å². The van der Waals surface area contributed by atoms with E-state index in [0.717, 1.165) is 84.9 Å². The van der Waals surface area contributed by atoms with Gasteiger partial charge in [-0.05, 0) is 127 Å². The van der Waals surface area contributed by atoms with E-state index in [2.05, 4.69) is 210 Å². The van der Waals surface area contributed by atoms with E-state index in [1.165, 1.54) is 33.9 Å². The van der Waals surface area contributed by atoms with Crippen LogP contribution in [0.15, 0.2) is 207 Å². The van der Waals surface area contributed by atoms with Crippen LogP contribution in [0, 0.1) is 0 Å². The predicted molar refractivity (Wildman–Crippen MR) is 264 cm³/mol. The molecular formula is C58H47N3. The number of para-hydroxylation sites is 2. The fourth-order valence-electron chi connectivity index (χ4n) is 9.43. The Balaban J connectivity index is 1.38. The summed E-state index contributed by atoms with van der Waals surface area (Å²) in [4.78, 5) is 0. The highest BCUT2D eigenvalue weighted by atomic mass is 15.0. The zero-order chi connectivity index (χ0) is 41.5. The number of hydrogen-bond donors (Lipinski definition) is 0. The van der Waals surface area contributed by atoms with Gasteiger partial charge in [0.05, 0.1) is 33.3 Å². The SMILES string of the molecule is C=C/C=C(\C=C)n1c2ccccc2ccc2c3c4c5ccc(C=C)c(/C=C\C)n(-c6ccccc6)c5ccc4n(-c4ccc(C(=C5CCC5)c5ccccc5)cc4)c3ccc21. The first-order valence-corrected chi connectivity index (χ1v) is 21.2. The van der Waals surface area contributed by atoms with E-state index >= 15 is 0 Å². The number of benzene rings is 6. The Morgan fingerprint density at radius 2 is 1.15 bits per heavy atom. The van der Waals surface area contributed by atoms with Crippen molar-refractivity contribution in [3.8, 4) is 11.4 Å². The maximum absolute atomic E-state index is 4.29. The largest absolute Gasteiger partial charge is 0.309 e. The van der Waals surface area contributed by atoms with E-state index in [1.807, 2.05) is 24.3 Å². The molecule has 0 unspecified atom stereocenters. The average Bonchev–Trinajstić information content (AvgIpc) is 3.41. The molecule has 1 fully saturated rings. The van der Waals surface area contributed by atoms with Crippen molar-refractivity contribution >= 4 is 77.9 Å². The molecule has 0 N–H and O–H groups in total. The second kappa shape index (κ2) is 15.9. The highest BCUT2D eigenvalue weighted by Crippen LogP contribution is 2.43. The van der Waals surface area contributed by atoms with Crippen LogP contribution in [0.3, 0.4) is 0 Å². The lowest BCUT2D eigenvalue weighted by molar-refractivity contribution is 0.666. The van der Waals surface area contributed by atoms with E-state index in [0.29, 0.717) is 0 Å². The molecule has 3 heteroatoms. The maximum atomic E-state index is 4.29. The third kappa shape index (κ3) is 6.29. The van der Waals surface area contributed by atoms with Crippen LogP contribution in [-0.2, 0) is 0 Å². The third-order valence-electron chi connectivity index (χ3n) is 12.3. The summed E-state index contributed by atoms with van der Waals surface area (Å²) < 4.78 is 7.16. The summed E-state index contributed by atoms with van der Waals surface area (Å²) in [5.74, 6) is 0. The highest BCUT2D eigenvalue weighted by molar-refractivity contribution is 6.28. The van der Waals surface area contributed by atoms with Gasteiger partial charge in [0.25, 0.3) is 0 Å². The second-order valence-electron chi connectivity index (χ2n) is 15.7. The van der Waals surface area contributed by atoms with Gasteiger partial charge in [-0.1, -0.05) is 147 Å². The molecule has 1 aliphatic carbocycles. The van der Waals surface area contributed by atoms with Crippen molar-refractivity contribution in [3.05, 3.63) is 230 Å². The molecule has 1 aliphatic rings. The Labute approximate surface area is 357 Å². The molecule has 9 aromatic rings. The lowest BCUT2D eigenvalue weighted by Gasteiger charge is -2.23. The summed E-state index contributed by atoms with van der Waals surface area (Å²) in [5, 5.41) is 5.76. The summed E-state index contributed by atoms with van der Waals surface area (Å²) in [6.45, 7) is 14.7. The number of nitrogens with zero attached hydrogens (tertiary/aromatic N) is 3. The number of fused-ring (bicyclic) bond motifs is 8. The topological polar surface area (TPSA) is 14.8 Å². The molecule has 61 heavy (non-hydrogen) atoms. The van der Waals surface area contributed by atoms with Crippen molar-refractivity contribution in [3.63, 3.8) is 0 Å². The second-order valence-corrected chi connectivity index (χ2v) is 15.7. The molecule has 0 amide bonds. The van der Waals surface area contributed by atoms with Crippen LogP contribution in [0.5, 0.6) is 0 Å². The minimum Gasteiger partial charge on any atom is -0.309 e. The van der Waals surface area contributed by atoms with Gasteiger partial charge in [0, 0.05) is 38.6 Å². The van der Waals surface area contributed by atoms with Crippen LogP contribution >= 0.6 is 0 Å². The van der Waals surface area contributed by atoms with Gasteiger partial charge >= 0.3 is 0 Å². The van der Waals surface area contributed by atoms with Gasteiger partial charge in [0.1, 0.15) is 0 Å². The van der Waals surface area contributed by atoms with Gasteiger partial charge in [-0.3, -0.25) is 0 Å². The Morgan fingerprint density at radius 1 is 0.541 bits per heavy atom. The first-order chi connectivity index (χ1) is 30.1. The van der Waals surface area contributed by atoms with Crippen molar-refractivity contribution in [2.45, 2.75) is 26.2 Å². The van der Waals surface area contributed by atoms with Gasteiger partial charge in [0.15, 0.2) is 0 Å². The van der Waals surface area contributed by atoms with Gasteiger partial charge < -0.3 is 13.7 Å². The molecule has 1 saturated carbocycles. The van der Waals surface area contributed by atoms with Crippen LogP contribution < -0.4 is 0 Å². The first kappa shape index (κ1) is 37.6. The summed E-state index contributed by atoms with van der Waals surface area (Å²) in [7, 11) is 0. The Bertz CT molecular complexity index is 3350. The maximum Gasteiger partial charge on any atom is 0.0548 e. The molecule has 0 radical (unpaired) electrons. The quantitative estimate of drug-likeness (QED) is 0.130. The van der Waals surface area contributed by atoms with Crippen LogP contribution in [0.1, 0.15) is 48.6 Å². The van der Waals surface area contributed by atoms with Crippen molar-refractivity contribution in [1.29, 1.82) is 0 Å². The molecule has 3 heterocycles. The van der Waals surface area contributed by atoms with Crippen LogP contribution in [0.25, 0.3) is 89.3 Å². The molecule has 3 aromatic heterocycles. The van der Waals surface area contributed by atoms with Gasteiger partial charge in [0.2, 0.25) is 0 Å². The monoisotopic (exact) mass is 785 g/mol. The number of hydrogen-bond acceptors (Lipinski definition) is 0. The fraction of sp³-hybridized carbons (Fsp3) is 0.0690. The molecule has 0 spiro atoms. The van der Waals surface area contributed by atoms with E-state index < -0.39 is 0 Å². The van der Waals surface area contributed by atoms with Crippen molar-refractivity contribution in [2.24, 2.45) is 0 Å². The van der Waals surface area contributed by atoms with Gasteiger partial charge in [-0.2, -0.15) is 0 Å². The number of aromatic nitrogens is 3. The Morgan fingerprint density at radius 3 is 1.80 bits per heavy atom. The molecule has 0 saturated heterocycles. The summed E-state index contributed by atoms with van der Waals surface area (Å²) >= 11 is 0. The molecular weight excluding hydrogens is 739 g/mol. The Hall–Kier alpha value is -7.62. The summed E-state index contributed by atoms with van der Waals surface area (Å²) in [6.07, 6.45) is 15.6. The predicted octanol–water partition coefficient (Wildman–Crippen LogP) is 15.8. The molecule has 0 aliphatic heterocycles. The molecule has 294 valence electrons.